The predicted molar refractivity (Wildman–Crippen MR) is 106 cm³/mol. The lowest BCUT2D eigenvalue weighted by atomic mass is 10.1. The van der Waals surface area contributed by atoms with Gasteiger partial charge < -0.3 is 14.4 Å². The molecular formula is C20H26N2O4S. The zero-order valence-corrected chi connectivity index (χ0v) is 16.4. The first-order valence-electron chi connectivity index (χ1n) is 9.22. The molecule has 7 heteroatoms. The number of ether oxygens (including phenoxy) is 2. The SMILES string of the molecule is CCOc1ccc(S(=O)(=O)NCCc2ccc(N3CCOCC3)cc2)cc1. The summed E-state index contributed by atoms with van der Waals surface area (Å²) in [6.45, 7) is 6.12. The van der Waals surface area contributed by atoms with E-state index in [2.05, 4.69) is 33.9 Å². The number of benzene rings is 2. The van der Waals surface area contributed by atoms with Crippen LogP contribution in [0.15, 0.2) is 53.4 Å². The molecular weight excluding hydrogens is 364 g/mol. The van der Waals surface area contributed by atoms with Crippen LogP contribution in [0.5, 0.6) is 5.75 Å². The summed E-state index contributed by atoms with van der Waals surface area (Å²) < 4.78 is 38.1. The average Bonchev–Trinajstić information content (AvgIpc) is 2.70. The van der Waals surface area contributed by atoms with Crippen LogP contribution < -0.4 is 14.4 Å². The first kappa shape index (κ1) is 19.7. The number of sulfonamides is 1. The zero-order chi connectivity index (χ0) is 19.1. The second kappa shape index (κ2) is 9.21. The van der Waals surface area contributed by atoms with Gasteiger partial charge in [0, 0.05) is 25.3 Å². The van der Waals surface area contributed by atoms with E-state index in [1.807, 2.05) is 6.92 Å². The quantitative estimate of drug-likeness (QED) is 0.750. The molecule has 0 bridgehead atoms. The molecule has 0 saturated carbocycles. The molecule has 146 valence electrons. The van der Waals surface area contributed by atoms with Crippen molar-refractivity contribution in [1.82, 2.24) is 4.72 Å². The van der Waals surface area contributed by atoms with Gasteiger partial charge in [-0.25, -0.2) is 13.1 Å². The van der Waals surface area contributed by atoms with Crippen molar-refractivity contribution in [3.8, 4) is 5.75 Å². The molecule has 0 atom stereocenters. The lowest BCUT2D eigenvalue weighted by Crippen LogP contribution is -2.36. The minimum absolute atomic E-state index is 0.244. The molecule has 1 fully saturated rings. The van der Waals surface area contributed by atoms with Gasteiger partial charge in [0.2, 0.25) is 10.0 Å². The van der Waals surface area contributed by atoms with Crippen molar-refractivity contribution in [3.63, 3.8) is 0 Å². The molecule has 2 aromatic rings. The topological polar surface area (TPSA) is 67.9 Å². The summed E-state index contributed by atoms with van der Waals surface area (Å²) in [5.41, 5.74) is 2.28. The van der Waals surface area contributed by atoms with Crippen molar-refractivity contribution in [1.29, 1.82) is 0 Å². The van der Waals surface area contributed by atoms with Crippen LogP contribution in [0.3, 0.4) is 0 Å². The van der Waals surface area contributed by atoms with Gasteiger partial charge in [-0.2, -0.15) is 0 Å². The summed E-state index contributed by atoms with van der Waals surface area (Å²) in [5, 5.41) is 0. The number of nitrogens with one attached hydrogen (secondary N) is 1. The molecule has 0 aliphatic carbocycles. The van der Waals surface area contributed by atoms with Gasteiger partial charge in [-0.15, -0.1) is 0 Å². The number of hydrogen-bond acceptors (Lipinski definition) is 5. The summed E-state index contributed by atoms with van der Waals surface area (Å²) in [5.74, 6) is 0.664. The van der Waals surface area contributed by atoms with Crippen LogP contribution in [-0.4, -0.2) is 47.9 Å². The molecule has 1 N–H and O–H groups in total. The lowest BCUT2D eigenvalue weighted by molar-refractivity contribution is 0.122. The van der Waals surface area contributed by atoms with E-state index < -0.39 is 10.0 Å². The fraction of sp³-hybridized carbons (Fsp3) is 0.400. The first-order chi connectivity index (χ1) is 13.1. The van der Waals surface area contributed by atoms with E-state index in [9.17, 15) is 8.42 Å². The molecule has 3 rings (SSSR count). The molecule has 0 amide bonds. The summed E-state index contributed by atoms with van der Waals surface area (Å²) in [6.07, 6.45) is 0.639. The van der Waals surface area contributed by atoms with Gasteiger partial charge in [-0.05, 0) is 55.3 Å². The van der Waals surface area contributed by atoms with Gasteiger partial charge in [0.25, 0.3) is 0 Å². The number of hydrogen-bond donors (Lipinski definition) is 1. The van der Waals surface area contributed by atoms with E-state index in [1.54, 1.807) is 24.3 Å². The molecule has 0 aromatic heterocycles. The van der Waals surface area contributed by atoms with Crippen molar-refractivity contribution in [2.45, 2.75) is 18.2 Å². The van der Waals surface area contributed by atoms with E-state index in [0.717, 1.165) is 31.9 Å². The molecule has 1 saturated heterocycles. The third-order valence-corrected chi connectivity index (χ3v) is 5.94. The van der Waals surface area contributed by atoms with Crippen LogP contribution in [-0.2, 0) is 21.2 Å². The molecule has 1 aliphatic heterocycles. The van der Waals surface area contributed by atoms with Crippen molar-refractivity contribution >= 4 is 15.7 Å². The Kier molecular flexibility index (Phi) is 6.71. The Morgan fingerprint density at radius 2 is 1.70 bits per heavy atom. The Hall–Kier alpha value is -2.09. The number of nitrogens with zero attached hydrogens (tertiary/aromatic N) is 1. The van der Waals surface area contributed by atoms with Crippen molar-refractivity contribution in [2.75, 3.05) is 44.4 Å². The number of anilines is 1. The molecule has 1 heterocycles. The zero-order valence-electron chi connectivity index (χ0n) is 15.6. The third kappa shape index (κ3) is 5.45. The van der Waals surface area contributed by atoms with Crippen LogP contribution >= 0.6 is 0 Å². The largest absolute Gasteiger partial charge is 0.494 e. The van der Waals surface area contributed by atoms with Crippen LogP contribution in [0.25, 0.3) is 0 Å². The average molecular weight is 391 g/mol. The predicted octanol–water partition coefficient (Wildman–Crippen LogP) is 2.44. The number of morpholine rings is 1. The fourth-order valence-corrected chi connectivity index (χ4v) is 4.02. The maximum Gasteiger partial charge on any atom is 0.240 e. The second-order valence-corrected chi connectivity index (χ2v) is 8.09. The minimum Gasteiger partial charge on any atom is -0.494 e. The Balaban J connectivity index is 1.52. The van der Waals surface area contributed by atoms with Crippen LogP contribution in [0.4, 0.5) is 5.69 Å². The smallest absolute Gasteiger partial charge is 0.240 e. The van der Waals surface area contributed by atoms with Gasteiger partial charge in [0.1, 0.15) is 5.75 Å². The summed E-state index contributed by atoms with van der Waals surface area (Å²) in [7, 11) is -3.52. The van der Waals surface area contributed by atoms with E-state index in [4.69, 9.17) is 9.47 Å². The molecule has 1 aliphatic rings. The van der Waals surface area contributed by atoms with Crippen LogP contribution in [0.2, 0.25) is 0 Å². The Labute approximate surface area is 161 Å². The maximum absolute atomic E-state index is 12.4. The standard InChI is InChI=1S/C20H26N2O4S/c1-2-26-19-7-9-20(10-8-19)27(23,24)21-12-11-17-3-5-18(6-4-17)22-13-15-25-16-14-22/h3-10,21H,2,11-16H2,1H3. The van der Waals surface area contributed by atoms with E-state index in [1.165, 1.54) is 5.69 Å². The molecule has 0 spiro atoms. The van der Waals surface area contributed by atoms with Crippen LogP contribution in [0.1, 0.15) is 12.5 Å². The fourth-order valence-electron chi connectivity index (χ4n) is 2.99. The molecule has 6 nitrogen and oxygen atoms in total. The Bertz CT molecular complexity index is 814. The van der Waals surface area contributed by atoms with Gasteiger partial charge in [0.05, 0.1) is 24.7 Å². The third-order valence-electron chi connectivity index (χ3n) is 4.46. The van der Waals surface area contributed by atoms with Crippen molar-refractivity contribution in [2.24, 2.45) is 0 Å². The highest BCUT2D eigenvalue weighted by atomic mass is 32.2. The Morgan fingerprint density at radius 3 is 2.33 bits per heavy atom. The second-order valence-electron chi connectivity index (χ2n) is 6.32. The molecule has 2 aromatic carbocycles. The number of rotatable bonds is 8. The minimum atomic E-state index is -3.52. The molecule has 0 unspecified atom stereocenters. The highest BCUT2D eigenvalue weighted by molar-refractivity contribution is 7.89. The summed E-state index contributed by atoms with van der Waals surface area (Å²) >= 11 is 0. The highest BCUT2D eigenvalue weighted by Crippen LogP contribution is 2.18. The Morgan fingerprint density at radius 1 is 1.04 bits per heavy atom. The van der Waals surface area contributed by atoms with Crippen molar-refractivity contribution < 1.29 is 17.9 Å². The van der Waals surface area contributed by atoms with Crippen molar-refractivity contribution in [3.05, 3.63) is 54.1 Å². The lowest BCUT2D eigenvalue weighted by Gasteiger charge is -2.28. The first-order valence-corrected chi connectivity index (χ1v) is 10.7. The van der Waals surface area contributed by atoms with E-state index in [-0.39, 0.29) is 4.90 Å². The monoisotopic (exact) mass is 390 g/mol. The maximum atomic E-state index is 12.4. The van der Waals surface area contributed by atoms with Crippen LogP contribution in [0, 0.1) is 0 Å². The summed E-state index contributed by atoms with van der Waals surface area (Å²) in [4.78, 5) is 2.54. The van der Waals surface area contributed by atoms with E-state index >= 15 is 0 Å². The highest BCUT2D eigenvalue weighted by Gasteiger charge is 2.14. The summed E-state index contributed by atoms with van der Waals surface area (Å²) in [6, 6.07) is 14.7. The van der Waals surface area contributed by atoms with Gasteiger partial charge in [0.15, 0.2) is 0 Å². The van der Waals surface area contributed by atoms with E-state index in [0.29, 0.717) is 25.3 Å². The normalized spacial score (nSPS) is 14.9. The van der Waals surface area contributed by atoms with Gasteiger partial charge in [-0.3, -0.25) is 0 Å². The van der Waals surface area contributed by atoms with Gasteiger partial charge in [-0.1, -0.05) is 12.1 Å². The molecule has 0 radical (unpaired) electrons. The molecule has 27 heavy (non-hydrogen) atoms. The van der Waals surface area contributed by atoms with Gasteiger partial charge >= 0.3 is 0 Å².